The second-order valence-electron chi connectivity index (χ2n) is 5.22. The summed E-state index contributed by atoms with van der Waals surface area (Å²) in [6.07, 6.45) is 5.73. The SMILES string of the molecule is Cc1nn(C(C)C)cc1CNCc1cnn(CCF)c1.Cl. The molecule has 7 heteroatoms. The van der Waals surface area contributed by atoms with Gasteiger partial charge in [-0.15, -0.1) is 12.4 Å². The summed E-state index contributed by atoms with van der Waals surface area (Å²) in [4.78, 5) is 0. The van der Waals surface area contributed by atoms with E-state index in [9.17, 15) is 4.39 Å². The van der Waals surface area contributed by atoms with Gasteiger partial charge in [0.05, 0.1) is 18.4 Å². The van der Waals surface area contributed by atoms with Crippen LogP contribution in [-0.2, 0) is 19.6 Å². The van der Waals surface area contributed by atoms with Crippen LogP contribution in [0.3, 0.4) is 0 Å². The normalized spacial score (nSPS) is 10.9. The van der Waals surface area contributed by atoms with Crippen LogP contribution in [0.4, 0.5) is 4.39 Å². The molecule has 2 aromatic heterocycles. The molecule has 5 nitrogen and oxygen atoms in total. The highest BCUT2D eigenvalue weighted by molar-refractivity contribution is 5.85. The number of rotatable bonds is 7. The van der Waals surface area contributed by atoms with Crippen LogP contribution in [0.15, 0.2) is 18.6 Å². The molecule has 0 bridgehead atoms. The Morgan fingerprint density at radius 2 is 2.05 bits per heavy atom. The van der Waals surface area contributed by atoms with Crippen LogP contribution < -0.4 is 5.32 Å². The van der Waals surface area contributed by atoms with Crippen LogP contribution in [0, 0.1) is 6.92 Å². The first-order chi connectivity index (χ1) is 9.60. The number of nitrogens with zero attached hydrogens (tertiary/aromatic N) is 4. The van der Waals surface area contributed by atoms with Crippen molar-refractivity contribution in [1.29, 1.82) is 0 Å². The van der Waals surface area contributed by atoms with Crippen molar-refractivity contribution in [3.05, 3.63) is 35.4 Å². The molecule has 2 heterocycles. The van der Waals surface area contributed by atoms with Crippen molar-refractivity contribution in [3.8, 4) is 0 Å². The molecular formula is C14H23ClFN5. The van der Waals surface area contributed by atoms with Gasteiger partial charge in [0.2, 0.25) is 0 Å². The van der Waals surface area contributed by atoms with Gasteiger partial charge in [-0.25, -0.2) is 4.39 Å². The minimum Gasteiger partial charge on any atom is -0.308 e. The Morgan fingerprint density at radius 3 is 2.67 bits per heavy atom. The van der Waals surface area contributed by atoms with Crippen molar-refractivity contribution in [2.75, 3.05) is 6.67 Å². The molecule has 0 aromatic carbocycles. The molecule has 0 radical (unpaired) electrons. The lowest BCUT2D eigenvalue weighted by Gasteiger charge is -2.03. The van der Waals surface area contributed by atoms with Crippen molar-refractivity contribution in [3.63, 3.8) is 0 Å². The van der Waals surface area contributed by atoms with Crippen LogP contribution in [0.1, 0.15) is 36.7 Å². The van der Waals surface area contributed by atoms with E-state index in [4.69, 9.17) is 0 Å². The molecule has 0 saturated heterocycles. The summed E-state index contributed by atoms with van der Waals surface area (Å²) >= 11 is 0. The fourth-order valence-corrected chi connectivity index (χ4v) is 2.01. The van der Waals surface area contributed by atoms with Crippen molar-refractivity contribution < 1.29 is 4.39 Å². The first-order valence-electron chi connectivity index (χ1n) is 6.92. The molecule has 0 amide bonds. The van der Waals surface area contributed by atoms with Gasteiger partial charge in [-0.3, -0.25) is 9.36 Å². The average molecular weight is 316 g/mol. The first kappa shape index (κ1) is 17.7. The molecule has 21 heavy (non-hydrogen) atoms. The van der Waals surface area contributed by atoms with E-state index in [0.29, 0.717) is 12.6 Å². The predicted molar refractivity (Wildman–Crippen MR) is 83.3 cm³/mol. The molecule has 1 N–H and O–H groups in total. The van der Waals surface area contributed by atoms with E-state index in [0.717, 1.165) is 24.3 Å². The maximum atomic E-state index is 12.2. The molecule has 0 fully saturated rings. The highest BCUT2D eigenvalue weighted by atomic mass is 35.5. The summed E-state index contributed by atoms with van der Waals surface area (Å²) in [5.74, 6) is 0. The molecule has 0 unspecified atom stereocenters. The van der Waals surface area contributed by atoms with E-state index in [2.05, 4.69) is 35.6 Å². The van der Waals surface area contributed by atoms with Crippen molar-refractivity contribution in [2.24, 2.45) is 0 Å². The summed E-state index contributed by atoms with van der Waals surface area (Å²) in [5.41, 5.74) is 3.32. The van der Waals surface area contributed by atoms with E-state index in [1.54, 1.807) is 10.9 Å². The predicted octanol–water partition coefficient (Wildman–Crippen LogP) is 2.65. The van der Waals surface area contributed by atoms with Crippen LogP contribution in [0.25, 0.3) is 0 Å². The third kappa shape index (κ3) is 4.82. The monoisotopic (exact) mass is 315 g/mol. The fraction of sp³-hybridized carbons (Fsp3) is 0.571. The molecular weight excluding hydrogens is 293 g/mol. The molecule has 0 aliphatic rings. The van der Waals surface area contributed by atoms with Crippen molar-refractivity contribution in [1.82, 2.24) is 24.9 Å². The zero-order valence-corrected chi connectivity index (χ0v) is 13.5. The minimum atomic E-state index is -0.387. The molecule has 2 rings (SSSR count). The second-order valence-corrected chi connectivity index (χ2v) is 5.22. The quantitative estimate of drug-likeness (QED) is 0.854. The molecule has 0 spiro atoms. The Balaban J connectivity index is 0.00000220. The fourth-order valence-electron chi connectivity index (χ4n) is 2.01. The van der Waals surface area contributed by atoms with Gasteiger partial charge in [0.15, 0.2) is 0 Å². The third-order valence-corrected chi connectivity index (χ3v) is 3.19. The number of hydrogen-bond acceptors (Lipinski definition) is 3. The Hall–Kier alpha value is -1.40. The van der Waals surface area contributed by atoms with E-state index in [1.165, 1.54) is 5.56 Å². The van der Waals surface area contributed by atoms with E-state index < -0.39 is 0 Å². The third-order valence-electron chi connectivity index (χ3n) is 3.19. The summed E-state index contributed by atoms with van der Waals surface area (Å²) < 4.78 is 15.8. The second kappa shape index (κ2) is 8.14. The Bertz CT molecular complexity index is 549. The highest BCUT2D eigenvalue weighted by Gasteiger charge is 2.07. The molecule has 0 aliphatic carbocycles. The number of alkyl halides is 1. The van der Waals surface area contributed by atoms with Gasteiger partial charge in [0.1, 0.15) is 6.67 Å². The number of aromatic nitrogens is 4. The smallest absolute Gasteiger partial charge is 0.109 e. The van der Waals surface area contributed by atoms with Gasteiger partial charge in [-0.1, -0.05) is 0 Å². The van der Waals surface area contributed by atoms with Gasteiger partial charge in [-0.2, -0.15) is 10.2 Å². The van der Waals surface area contributed by atoms with Crippen LogP contribution in [0.5, 0.6) is 0 Å². The zero-order valence-electron chi connectivity index (χ0n) is 12.7. The van der Waals surface area contributed by atoms with Crippen LogP contribution >= 0.6 is 12.4 Å². The molecule has 0 atom stereocenters. The highest BCUT2D eigenvalue weighted by Crippen LogP contribution is 2.10. The number of halogens is 2. The summed E-state index contributed by atoms with van der Waals surface area (Å²) in [7, 11) is 0. The van der Waals surface area contributed by atoms with E-state index in [-0.39, 0.29) is 19.1 Å². The number of hydrogen-bond donors (Lipinski definition) is 1. The Kier molecular flexibility index (Phi) is 6.84. The summed E-state index contributed by atoms with van der Waals surface area (Å²) in [6, 6.07) is 0.376. The van der Waals surface area contributed by atoms with Crippen molar-refractivity contribution in [2.45, 2.75) is 46.4 Å². The number of nitrogens with one attached hydrogen (secondary N) is 1. The minimum absolute atomic E-state index is 0. The summed E-state index contributed by atoms with van der Waals surface area (Å²) in [5, 5.41) is 11.9. The van der Waals surface area contributed by atoms with Gasteiger partial charge in [-0.05, 0) is 20.8 Å². The van der Waals surface area contributed by atoms with Gasteiger partial charge < -0.3 is 5.32 Å². The molecule has 0 saturated carbocycles. The average Bonchev–Trinajstić information content (AvgIpc) is 2.98. The number of aryl methyl sites for hydroxylation is 2. The van der Waals surface area contributed by atoms with Crippen LogP contribution in [0.2, 0.25) is 0 Å². The molecule has 118 valence electrons. The lowest BCUT2D eigenvalue weighted by Crippen LogP contribution is -2.12. The standard InChI is InChI=1S/C14H22FN5.ClH/c1-11(2)20-10-14(12(3)18-20)8-16-6-13-7-17-19(9-13)5-4-15;/h7,9-11,16H,4-6,8H2,1-3H3;1H. The Morgan fingerprint density at radius 1 is 1.29 bits per heavy atom. The topological polar surface area (TPSA) is 47.7 Å². The zero-order chi connectivity index (χ0) is 14.5. The lowest BCUT2D eigenvalue weighted by atomic mass is 10.2. The first-order valence-corrected chi connectivity index (χ1v) is 6.92. The maximum Gasteiger partial charge on any atom is 0.109 e. The van der Waals surface area contributed by atoms with E-state index in [1.807, 2.05) is 17.8 Å². The molecule has 2 aromatic rings. The maximum absolute atomic E-state index is 12.2. The van der Waals surface area contributed by atoms with E-state index >= 15 is 0 Å². The van der Waals surface area contributed by atoms with Gasteiger partial charge in [0, 0.05) is 42.7 Å². The van der Waals surface area contributed by atoms with Gasteiger partial charge in [0.25, 0.3) is 0 Å². The van der Waals surface area contributed by atoms with Crippen molar-refractivity contribution >= 4 is 12.4 Å². The van der Waals surface area contributed by atoms with Crippen LogP contribution in [-0.4, -0.2) is 26.2 Å². The van der Waals surface area contributed by atoms with Gasteiger partial charge >= 0.3 is 0 Å². The summed E-state index contributed by atoms with van der Waals surface area (Å²) in [6.45, 7) is 7.68. The lowest BCUT2D eigenvalue weighted by molar-refractivity contribution is 0.427. The Labute approximate surface area is 130 Å². The molecule has 0 aliphatic heterocycles. The largest absolute Gasteiger partial charge is 0.308 e.